The zero-order valence-corrected chi connectivity index (χ0v) is 22.1. The van der Waals surface area contributed by atoms with E-state index in [4.69, 9.17) is 10.5 Å². The normalized spacial score (nSPS) is 11.8. The third kappa shape index (κ3) is 6.11. The Morgan fingerprint density at radius 3 is 2.29 bits per heavy atom. The number of aromatic amines is 1. The molecule has 0 spiro atoms. The van der Waals surface area contributed by atoms with Crippen LogP contribution < -0.4 is 14.0 Å². The van der Waals surface area contributed by atoms with Crippen LogP contribution in [0.5, 0.6) is 5.88 Å². The molecule has 3 aromatic rings. The van der Waals surface area contributed by atoms with Crippen molar-refractivity contribution in [3.63, 3.8) is 0 Å². The fourth-order valence-electron chi connectivity index (χ4n) is 4.42. The van der Waals surface area contributed by atoms with Crippen LogP contribution in [0, 0.1) is 0 Å². The fourth-order valence-corrected chi connectivity index (χ4v) is 20.5. The molecule has 0 aliphatic rings. The summed E-state index contributed by atoms with van der Waals surface area (Å²) in [6.07, 6.45) is 9.54. The van der Waals surface area contributed by atoms with Gasteiger partial charge in [-0.05, 0) is 0 Å². The summed E-state index contributed by atoms with van der Waals surface area (Å²) in [5, 5.41) is 0. The number of unbranched alkanes of at least 4 members (excludes halogenated alkanes) is 3. The van der Waals surface area contributed by atoms with E-state index in [1.54, 1.807) is 9.91 Å². The standard InChI is InChI=1S/C12H10N5O.3C4H9.Sn/c13-12-16-10-9(14-7-15-10)11(17-12)18-6-8-4-2-1-3-5-8;3*1-3-4-2;/h1-2,4-5,7H,6H2,(H3,13,14,15,16,17);3*1,3-4H2,2H3;. The van der Waals surface area contributed by atoms with Gasteiger partial charge in [0.2, 0.25) is 0 Å². The number of hydrogen-bond donors (Lipinski definition) is 2. The van der Waals surface area contributed by atoms with Crippen molar-refractivity contribution in [1.82, 2.24) is 19.9 Å². The van der Waals surface area contributed by atoms with Crippen molar-refractivity contribution in [3.8, 4) is 5.88 Å². The zero-order valence-electron chi connectivity index (χ0n) is 19.3. The molecule has 31 heavy (non-hydrogen) atoms. The van der Waals surface area contributed by atoms with Crippen LogP contribution in [0.2, 0.25) is 13.3 Å². The number of ether oxygens (including phenoxy) is 1. The maximum atomic E-state index is 6.08. The predicted molar refractivity (Wildman–Crippen MR) is 131 cm³/mol. The van der Waals surface area contributed by atoms with Crippen LogP contribution in [0.1, 0.15) is 64.9 Å². The average Bonchev–Trinajstić information content (AvgIpc) is 3.26. The number of imidazole rings is 1. The van der Waals surface area contributed by atoms with E-state index in [1.165, 1.54) is 57.4 Å². The number of nitrogens with zero attached hydrogens (tertiary/aromatic N) is 3. The van der Waals surface area contributed by atoms with Crippen molar-refractivity contribution >= 4 is 39.1 Å². The van der Waals surface area contributed by atoms with Gasteiger partial charge in [0.05, 0.1) is 0 Å². The molecule has 3 rings (SSSR count). The summed E-state index contributed by atoms with van der Waals surface area (Å²) in [6, 6.07) is 9.24. The molecule has 0 unspecified atom stereocenters. The summed E-state index contributed by atoms with van der Waals surface area (Å²) in [4.78, 5) is 15.6. The topological polar surface area (TPSA) is 89.7 Å². The van der Waals surface area contributed by atoms with Gasteiger partial charge in [-0.3, -0.25) is 0 Å². The van der Waals surface area contributed by atoms with Crippen LogP contribution >= 0.6 is 0 Å². The predicted octanol–water partition coefficient (Wildman–Crippen LogP) is 5.57. The Morgan fingerprint density at radius 2 is 1.65 bits per heavy atom. The number of nitrogens with two attached hydrogens (primary N) is 1. The van der Waals surface area contributed by atoms with Gasteiger partial charge in [-0.15, -0.1) is 0 Å². The second-order valence-corrected chi connectivity index (χ2v) is 21.8. The van der Waals surface area contributed by atoms with Gasteiger partial charge in [-0.2, -0.15) is 0 Å². The van der Waals surface area contributed by atoms with Crippen molar-refractivity contribution in [2.45, 2.75) is 79.2 Å². The maximum absolute atomic E-state index is 6.08. The molecule has 0 saturated heterocycles. The van der Waals surface area contributed by atoms with E-state index in [9.17, 15) is 0 Å². The van der Waals surface area contributed by atoms with E-state index >= 15 is 0 Å². The molecule has 168 valence electrons. The van der Waals surface area contributed by atoms with Crippen LogP contribution in [0.25, 0.3) is 11.2 Å². The third-order valence-electron chi connectivity index (χ3n) is 6.21. The van der Waals surface area contributed by atoms with Gasteiger partial charge in [0.15, 0.2) is 0 Å². The van der Waals surface area contributed by atoms with Crippen molar-refractivity contribution in [3.05, 3.63) is 36.2 Å². The Hall–Kier alpha value is -1.83. The van der Waals surface area contributed by atoms with E-state index in [0.717, 1.165) is 0 Å². The molecule has 2 heterocycles. The summed E-state index contributed by atoms with van der Waals surface area (Å²) in [5.41, 5.74) is 8.25. The minimum atomic E-state index is -2.45. The molecular weight excluding hydrogens is 493 g/mol. The SMILES string of the molecule is CCC[CH2][Sn]([CH2]CCC)([CH2]CCC)[c]1cccc(COc2nc(N)nc3nc[nH]c23)c1. The van der Waals surface area contributed by atoms with Crippen LogP contribution in [0.15, 0.2) is 30.6 Å². The number of hydrogen-bond acceptors (Lipinski definition) is 5. The zero-order chi connectivity index (χ0) is 22.1. The Bertz CT molecular complexity index is 936. The van der Waals surface area contributed by atoms with Gasteiger partial charge in [-0.1, -0.05) is 0 Å². The summed E-state index contributed by atoms with van der Waals surface area (Å²) >= 11 is -2.45. The average molecular weight is 530 g/mol. The number of fused-ring (bicyclic) bond motifs is 1. The van der Waals surface area contributed by atoms with Crippen LogP contribution in [-0.4, -0.2) is 38.3 Å². The Morgan fingerprint density at radius 1 is 0.968 bits per heavy atom. The van der Waals surface area contributed by atoms with Crippen LogP contribution in [0.4, 0.5) is 5.95 Å². The first-order valence-electron chi connectivity index (χ1n) is 11.8. The van der Waals surface area contributed by atoms with Crippen molar-refractivity contribution < 1.29 is 4.74 Å². The molecule has 0 atom stereocenters. The molecular formula is C24H37N5OSn. The second-order valence-electron chi connectivity index (χ2n) is 8.57. The molecule has 0 amide bonds. The molecule has 0 bridgehead atoms. The fraction of sp³-hybridized carbons (Fsp3) is 0.542. The number of benzene rings is 1. The Balaban J connectivity index is 1.84. The first kappa shape index (κ1) is 23.8. The molecule has 6 nitrogen and oxygen atoms in total. The quantitative estimate of drug-likeness (QED) is 0.282. The van der Waals surface area contributed by atoms with Crippen LogP contribution in [0.3, 0.4) is 0 Å². The third-order valence-corrected chi connectivity index (χ3v) is 21.8. The molecule has 7 heteroatoms. The van der Waals surface area contributed by atoms with E-state index in [2.05, 4.69) is 65.0 Å². The number of nitrogen functional groups attached to an aromatic ring is 1. The molecule has 0 aliphatic heterocycles. The molecule has 0 saturated carbocycles. The van der Waals surface area contributed by atoms with E-state index in [1.807, 2.05) is 0 Å². The number of aromatic nitrogens is 4. The van der Waals surface area contributed by atoms with Gasteiger partial charge < -0.3 is 0 Å². The van der Waals surface area contributed by atoms with Crippen molar-refractivity contribution in [2.75, 3.05) is 5.73 Å². The monoisotopic (exact) mass is 531 g/mol. The van der Waals surface area contributed by atoms with Gasteiger partial charge >= 0.3 is 191 Å². The number of rotatable bonds is 13. The minimum absolute atomic E-state index is 0.178. The van der Waals surface area contributed by atoms with Crippen molar-refractivity contribution in [2.24, 2.45) is 0 Å². The van der Waals surface area contributed by atoms with E-state index in [-0.39, 0.29) is 5.95 Å². The number of H-pyrrole nitrogens is 1. The summed E-state index contributed by atoms with van der Waals surface area (Å²) in [5.74, 6) is 0.639. The van der Waals surface area contributed by atoms with Crippen LogP contribution in [-0.2, 0) is 6.61 Å². The summed E-state index contributed by atoms with van der Waals surface area (Å²) in [7, 11) is 0. The first-order chi connectivity index (χ1) is 15.1. The molecule has 2 aromatic heterocycles. The van der Waals surface area contributed by atoms with E-state index < -0.39 is 18.4 Å². The number of nitrogens with one attached hydrogen (secondary N) is 1. The molecule has 1 aromatic carbocycles. The van der Waals surface area contributed by atoms with E-state index in [0.29, 0.717) is 23.7 Å². The molecule has 3 N–H and O–H groups in total. The molecule has 0 fully saturated rings. The molecule has 0 aliphatic carbocycles. The van der Waals surface area contributed by atoms with Crippen molar-refractivity contribution in [1.29, 1.82) is 0 Å². The Labute approximate surface area is 190 Å². The van der Waals surface area contributed by atoms with Gasteiger partial charge in [0.25, 0.3) is 0 Å². The second kappa shape index (κ2) is 11.7. The number of anilines is 1. The summed E-state index contributed by atoms with van der Waals surface area (Å²) in [6.45, 7) is 7.44. The van der Waals surface area contributed by atoms with Gasteiger partial charge in [-0.25, -0.2) is 0 Å². The van der Waals surface area contributed by atoms with Gasteiger partial charge in [0.1, 0.15) is 0 Å². The Kier molecular flexibility index (Phi) is 8.99. The van der Waals surface area contributed by atoms with Gasteiger partial charge in [0, 0.05) is 0 Å². The summed E-state index contributed by atoms with van der Waals surface area (Å²) < 4.78 is 12.1. The first-order valence-corrected chi connectivity index (χ1v) is 19.3. The molecule has 0 radical (unpaired) electrons.